The minimum atomic E-state index is -0.482. The Hall–Kier alpha value is -3.87. The molecule has 6 nitrogen and oxygen atoms in total. The molecule has 0 aliphatic carbocycles. The molecular weight excluding hydrogens is 395 g/mol. The van der Waals surface area contributed by atoms with E-state index in [0.717, 1.165) is 28.3 Å². The molecular formula is C24H21FN4O2. The van der Waals surface area contributed by atoms with Crippen molar-refractivity contribution in [3.8, 4) is 17.3 Å². The summed E-state index contributed by atoms with van der Waals surface area (Å²) in [5.74, 6) is 0.303. The molecule has 0 spiro atoms. The van der Waals surface area contributed by atoms with E-state index in [4.69, 9.17) is 9.84 Å². The summed E-state index contributed by atoms with van der Waals surface area (Å²) in [6, 6.07) is 18.1. The normalized spacial score (nSPS) is 12.8. The first-order valence-electron chi connectivity index (χ1n) is 10.1. The number of carbonyl (C=O) groups excluding carboxylic acids is 1. The molecule has 0 saturated heterocycles. The molecule has 5 rings (SSSR count). The predicted molar refractivity (Wildman–Crippen MR) is 114 cm³/mol. The van der Waals surface area contributed by atoms with Gasteiger partial charge in [-0.2, -0.15) is 5.10 Å². The first-order valence-corrected chi connectivity index (χ1v) is 10.1. The Bertz CT molecular complexity index is 1250. The van der Waals surface area contributed by atoms with Gasteiger partial charge in [0.25, 0.3) is 5.91 Å². The largest absolute Gasteiger partial charge is 0.481 e. The van der Waals surface area contributed by atoms with Crippen molar-refractivity contribution in [2.75, 3.05) is 6.61 Å². The fourth-order valence-corrected chi connectivity index (χ4v) is 3.88. The molecule has 4 aromatic rings. The third kappa shape index (κ3) is 3.48. The van der Waals surface area contributed by atoms with Crippen LogP contribution < -0.4 is 4.74 Å². The molecule has 0 saturated carbocycles. The monoisotopic (exact) mass is 416 g/mol. The Morgan fingerprint density at radius 3 is 2.55 bits per heavy atom. The van der Waals surface area contributed by atoms with Crippen molar-refractivity contribution in [3.05, 3.63) is 95.7 Å². The lowest BCUT2D eigenvalue weighted by molar-refractivity contribution is -0.134. The number of carbonyl (C=O) groups is 1. The zero-order valence-electron chi connectivity index (χ0n) is 17.0. The number of aryl methyl sites for hydroxylation is 1. The summed E-state index contributed by atoms with van der Waals surface area (Å²) in [5.41, 5.74) is 3.97. The van der Waals surface area contributed by atoms with Crippen LogP contribution in [0.5, 0.6) is 5.75 Å². The first kappa shape index (κ1) is 19.1. The van der Waals surface area contributed by atoms with E-state index in [1.165, 1.54) is 12.1 Å². The van der Waals surface area contributed by atoms with Crippen LogP contribution in [-0.2, 0) is 17.9 Å². The molecule has 1 aliphatic heterocycles. The van der Waals surface area contributed by atoms with E-state index < -0.39 is 5.82 Å². The van der Waals surface area contributed by atoms with Gasteiger partial charge < -0.3 is 14.2 Å². The lowest BCUT2D eigenvalue weighted by Crippen LogP contribution is -2.31. The molecule has 0 atom stereocenters. The summed E-state index contributed by atoms with van der Waals surface area (Å²) in [6.07, 6.45) is 3.94. The highest BCUT2D eigenvalue weighted by Crippen LogP contribution is 2.31. The number of nitrogens with zero attached hydrogens (tertiary/aromatic N) is 4. The first-order chi connectivity index (χ1) is 15.1. The highest BCUT2D eigenvalue weighted by Gasteiger charge is 2.31. The number of hydrogen-bond donors (Lipinski definition) is 0. The molecule has 1 amide bonds. The minimum absolute atomic E-state index is 0.0746. The van der Waals surface area contributed by atoms with Gasteiger partial charge in [0.15, 0.2) is 18.2 Å². The maximum Gasteiger partial charge on any atom is 0.261 e. The molecule has 0 unspecified atom stereocenters. The zero-order valence-corrected chi connectivity index (χ0v) is 17.0. The number of amides is 1. The van der Waals surface area contributed by atoms with E-state index >= 15 is 0 Å². The van der Waals surface area contributed by atoms with E-state index in [-0.39, 0.29) is 18.3 Å². The third-order valence-corrected chi connectivity index (χ3v) is 5.46. The van der Waals surface area contributed by atoms with Crippen LogP contribution in [0.15, 0.2) is 73.1 Å². The second kappa shape index (κ2) is 7.75. The van der Waals surface area contributed by atoms with E-state index in [1.807, 2.05) is 52.0 Å². The second-order valence-electron chi connectivity index (χ2n) is 7.51. The molecule has 2 aromatic carbocycles. The fraction of sp³-hybridized carbons (Fsp3) is 0.167. The molecule has 0 N–H and O–H groups in total. The average molecular weight is 416 g/mol. The van der Waals surface area contributed by atoms with Crippen LogP contribution in [-0.4, -0.2) is 31.8 Å². The van der Waals surface area contributed by atoms with Gasteiger partial charge in [-0.1, -0.05) is 30.3 Å². The Kier molecular flexibility index (Phi) is 4.78. The number of benzene rings is 2. The maximum atomic E-state index is 13.8. The molecule has 0 fully saturated rings. The number of hydrogen-bond acceptors (Lipinski definition) is 3. The Balaban J connectivity index is 1.42. The lowest BCUT2D eigenvalue weighted by Gasteiger charge is -2.18. The average Bonchev–Trinajstić information content (AvgIpc) is 3.49. The van der Waals surface area contributed by atoms with Gasteiger partial charge in [0.05, 0.1) is 24.5 Å². The van der Waals surface area contributed by atoms with Crippen molar-refractivity contribution in [3.63, 3.8) is 0 Å². The van der Waals surface area contributed by atoms with Gasteiger partial charge in [0.1, 0.15) is 5.82 Å². The standard InChI is InChI=1S/C24H21FN4O2/c1-17-8-2-4-10-21(17)29-24(27-12-6-7-13-27)18-14-28(15-20(18)26-29)23(30)16-31-22-11-5-3-9-19(22)25/h2-13H,14-16H2,1H3. The minimum Gasteiger partial charge on any atom is -0.481 e. The number of ether oxygens (including phenoxy) is 1. The predicted octanol–water partition coefficient (Wildman–Crippen LogP) is 4.03. The van der Waals surface area contributed by atoms with Crippen molar-refractivity contribution < 1.29 is 13.9 Å². The summed E-state index contributed by atoms with van der Waals surface area (Å²) in [4.78, 5) is 14.4. The fourth-order valence-electron chi connectivity index (χ4n) is 3.88. The zero-order chi connectivity index (χ0) is 21.4. The molecule has 31 heavy (non-hydrogen) atoms. The number of halogens is 1. The molecule has 3 heterocycles. The summed E-state index contributed by atoms with van der Waals surface area (Å²) >= 11 is 0. The molecule has 2 aromatic heterocycles. The van der Waals surface area contributed by atoms with E-state index in [0.29, 0.717) is 13.1 Å². The number of fused-ring (bicyclic) bond motifs is 1. The van der Waals surface area contributed by atoms with Crippen molar-refractivity contribution in [2.24, 2.45) is 0 Å². The molecule has 156 valence electrons. The van der Waals surface area contributed by atoms with Gasteiger partial charge in [0, 0.05) is 18.0 Å². The molecule has 0 bridgehead atoms. The van der Waals surface area contributed by atoms with Crippen LogP contribution in [0, 0.1) is 12.7 Å². The smallest absolute Gasteiger partial charge is 0.261 e. The Morgan fingerprint density at radius 2 is 1.77 bits per heavy atom. The summed E-state index contributed by atoms with van der Waals surface area (Å²) in [5, 5.41) is 4.84. The van der Waals surface area contributed by atoms with E-state index in [2.05, 4.69) is 13.0 Å². The van der Waals surface area contributed by atoms with Crippen LogP contribution in [0.1, 0.15) is 16.8 Å². The summed E-state index contributed by atoms with van der Waals surface area (Å²) < 4.78 is 23.1. The summed E-state index contributed by atoms with van der Waals surface area (Å²) in [7, 11) is 0. The molecule has 1 aliphatic rings. The Labute approximate surface area is 179 Å². The topological polar surface area (TPSA) is 52.3 Å². The lowest BCUT2D eigenvalue weighted by atomic mass is 10.2. The SMILES string of the molecule is Cc1ccccc1-n1nc2c(c1-n1cccc1)CN(C(=O)COc1ccccc1F)C2. The third-order valence-electron chi connectivity index (χ3n) is 5.46. The maximum absolute atomic E-state index is 13.8. The van der Waals surface area contributed by atoms with Gasteiger partial charge in [-0.05, 0) is 42.8 Å². The second-order valence-corrected chi connectivity index (χ2v) is 7.51. The van der Waals surface area contributed by atoms with Gasteiger partial charge in [0.2, 0.25) is 0 Å². The van der Waals surface area contributed by atoms with Crippen LogP contribution in [0.3, 0.4) is 0 Å². The number of rotatable bonds is 5. The number of aromatic nitrogens is 3. The number of para-hydroxylation sites is 2. The van der Waals surface area contributed by atoms with Gasteiger partial charge in [-0.15, -0.1) is 0 Å². The van der Waals surface area contributed by atoms with Crippen LogP contribution >= 0.6 is 0 Å². The summed E-state index contributed by atoms with van der Waals surface area (Å²) in [6.45, 7) is 2.65. The highest BCUT2D eigenvalue weighted by molar-refractivity contribution is 5.78. The van der Waals surface area contributed by atoms with Crippen molar-refractivity contribution in [1.82, 2.24) is 19.2 Å². The van der Waals surface area contributed by atoms with Gasteiger partial charge >= 0.3 is 0 Å². The van der Waals surface area contributed by atoms with E-state index in [1.54, 1.807) is 17.0 Å². The van der Waals surface area contributed by atoms with Crippen LogP contribution in [0.2, 0.25) is 0 Å². The van der Waals surface area contributed by atoms with Gasteiger partial charge in [-0.25, -0.2) is 9.07 Å². The Morgan fingerprint density at radius 1 is 1.03 bits per heavy atom. The van der Waals surface area contributed by atoms with Crippen LogP contribution in [0.25, 0.3) is 11.5 Å². The van der Waals surface area contributed by atoms with Crippen molar-refractivity contribution in [2.45, 2.75) is 20.0 Å². The highest BCUT2D eigenvalue weighted by atomic mass is 19.1. The van der Waals surface area contributed by atoms with E-state index in [9.17, 15) is 9.18 Å². The quantitative estimate of drug-likeness (QED) is 0.494. The van der Waals surface area contributed by atoms with Crippen molar-refractivity contribution in [1.29, 1.82) is 0 Å². The van der Waals surface area contributed by atoms with Crippen molar-refractivity contribution >= 4 is 5.91 Å². The van der Waals surface area contributed by atoms with Gasteiger partial charge in [-0.3, -0.25) is 4.79 Å². The van der Waals surface area contributed by atoms with Crippen LogP contribution in [0.4, 0.5) is 4.39 Å². The molecule has 0 radical (unpaired) electrons. The molecule has 7 heteroatoms.